The van der Waals surface area contributed by atoms with Gasteiger partial charge in [-0.05, 0) is 0 Å². The molecule has 2 radical (unpaired) electrons. The summed E-state index contributed by atoms with van der Waals surface area (Å²) in [6.45, 7) is -0.885. The number of carbonyl (C=O) groups is 1. The van der Waals surface area contributed by atoms with Gasteiger partial charge in [0.05, 0.1) is 0 Å². The van der Waals surface area contributed by atoms with Crippen molar-refractivity contribution in [3.05, 3.63) is 24.3 Å². The Bertz CT molecular complexity index is 403. The molecule has 0 saturated heterocycles. The maximum Gasteiger partial charge on any atom is 3.00 e. The number of nitrogens with one attached hydrogen (secondary N) is 1. The number of hydrogen-bond donors (Lipinski definition) is 3. The van der Waals surface area contributed by atoms with Crippen LogP contribution in [0.15, 0.2) is 24.3 Å². The number of benzene rings is 1. The molecule has 0 aliphatic carbocycles. The van der Waals surface area contributed by atoms with Crippen LogP contribution in [-0.4, -0.2) is 61.1 Å². The zero-order chi connectivity index (χ0) is 11.5. The van der Waals surface area contributed by atoms with E-state index in [1.54, 1.807) is 0 Å². The first-order chi connectivity index (χ1) is 6.93. The molecule has 3 N–H and O–H groups in total. The van der Waals surface area contributed by atoms with Crippen molar-refractivity contribution in [2.24, 2.45) is 0 Å². The SMILES string of the molecule is O=C(C[O-])Nc1ccc([As](=O)(O)O)cc1.[Bi+3].[O-2]. The van der Waals surface area contributed by atoms with Gasteiger partial charge < -0.3 is 5.48 Å². The predicted octanol–water partition coefficient (Wildman–Crippen LogP) is -2.95. The summed E-state index contributed by atoms with van der Waals surface area (Å²) in [4.78, 5) is 10.7. The molecule has 1 amide bonds. The van der Waals surface area contributed by atoms with E-state index in [0.717, 1.165) is 0 Å². The fourth-order valence-corrected chi connectivity index (χ4v) is 2.06. The zero-order valence-corrected chi connectivity index (χ0v) is 13.8. The Morgan fingerprint density at radius 1 is 1.29 bits per heavy atom. The molecule has 0 spiro atoms. The number of anilines is 1. The summed E-state index contributed by atoms with van der Waals surface area (Å²) in [7, 11) is 0. The largest absolute Gasteiger partial charge is 3.00 e. The first kappa shape index (κ1) is 19.1. The molecule has 92 valence electrons. The summed E-state index contributed by atoms with van der Waals surface area (Å²) in [5, 5.41) is 12.4. The van der Waals surface area contributed by atoms with E-state index in [0.29, 0.717) is 5.69 Å². The molecule has 0 bridgehead atoms. The molecule has 0 heterocycles. The Morgan fingerprint density at radius 3 is 2.12 bits per heavy atom. The standard InChI is InChI=1S/C8H9AsNO5.Bi.O/c11-5-8(12)10-7-3-1-6(2-4-7)9(13,14)15;;/h1-4H,5H2,(H,10,12)(H2,13,14,15);;/q-1;+3;-2. The number of hydrogen-bond acceptors (Lipinski definition) is 3. The summed E-state index contributed by atoms with van der Waals surface area (Å²) >= 11 is -4.86. The van der Waals surface area contributed by atoms with Crippen molar-refractivity contribution in [3.8, 4) is 0 Å². The Hall–Kier alpha value is -0.228. The van der Waals surface area contributed by atoms with Crippen LogP contribution in [0.2, 0.25) is 0 Å². The van der Waals surface area contributed by atoms with E-state index in [9.17, 15) is 13.6 Å². The summed E-state index contributed by atoms with van der Waals surface area (Å²) in [5.41, 5.74) is 0.337. The van der Waals surface area contributed by atoms with Gasteiger partial charge in [0.1, 0.15) is 0 Å². The summed E-state index contributed by atoms with van der Waals surface area (Å²) in [6.07, 6.45) is 0. The normalized spacial score (nSPS) is 9.82. The van der Waals surface area contributed by atoms with Gasteiger partial charge in [0.2, 0.25) is 0 Å². The summed E-state index contributed by atoms with van der Waals surface area (Å²) in [6, 6.07) is 5.12. The minimum absolute atomic E-state index is 0. The van der Waals surface area contributed by atoms with E-state index in [2.05, 4.69) is 5.32 Å². The second-order valence-electron chi connectivity index (χ2n) is 2.78. The molecule has 0 unspecified atom stereocenters. The van der Waals surface area contributed by atoms with E-state index >= 15 is 0 Å². The monoisotopic (exact) mass is 499 g/mol. The second-order valence-corrected chi connectivity index (χ2v) is 6.15. The van der Waals surface area contributed by atoms with Gasteiger partial charge in [-0.15, -0.1) is 0 Å². The van der Waals surface area contributed by atoms with E-state index in [4.69, 9.17) is 8.19 Å². The Morgan fingerprint density at radius 2 is 1.76 bits per heavy atom. The molecule has 0 aliphatic heterocycles. The van der Waals surface area contributed by atoms with E-state index in [1.165, 1.54) is 24.3 Å². The fourth-order valence-electron chi connectivity index (χ4n) is 0.936. The molecule has 1 aromatic rings. The minimum atomic E-state index is -4.86. The predicted molar refractivity (Wildman–Crippen MR) is 56.9 cm³/mol. The minimum Gasteiger partial charge on any atom is -2.00 e. The van der Waals surface area contributed by atoms with Crippen molar-refractivity contribution in [1.82, 2.24) is 0 Å². The molecule has 0 aliphatic rings. The molecule has 1 rings (SSSR count). The number of rotatable bonds is 3. The molecule has 1 aromatic carbocycles. The van der Waals surface area contributed by atoms with Crippen molar-refractivity contribution >= 4 is 56.3 Å². The fraction of sp³-hybridized carbons (Fsp3) is 0.125. The van der Waals surface area contributed by atoms with Crippen LogP contribution in [0.4, 0.5) is 5.69 Å². The maximum atomic E-state index is 10.8. The van der Waals surface area contributed by atoms with Crippen LogP contribution in [0.3, 0.4) is 0 Å². The van der Waals surface area contributed by atoms with Crippen LogP contribution >= 0.6 is 0 Å². The quantitative estimate of drug-likeness (QED) is 0.382. The third kappa shape index (κ3) is 6.31. The van der Waals surface area contributed by atoms with Gasteiger partial charge in [-0.2, -0.15) is 0 Å². The third-order valence-corrected chi connectivity index (χ3v) is 3.66. The Labute approximate surface area is 119 Å². The molecule has 0 atom stereocenters. The molecule has 0 aromatic heterocycles. The van der Waals surface area contributed by atoms with Gasteiger partial charge in [-0.1, -0.05) is 0 Å². The summed E-state index contributed by atoms with van der Waals surface area (Å²) < 4.78 is 28.4. The summed E-state index contributed by atoms with van der Waals surface area (Å²) in [5.74, 6) is -0.690. The molecule has 7 nitrogen and oxygen atoms in total. The van der Waals surface area contributed by atoms with Gasteiger partial charge in [0.25, 0.3) is 0 Å². The second kappa shape index (κ2) is 7.98. The van der Waals surface area contributed by atoms with Gasteiger partial charge in [-0.3, -0.25) is 0 Å². The van der Waals surface area contributed by atoms with Gasteiger partial charge in [0.15, 0.2) is 0 Å². The topological polar surface area (TPSA) is 138 Å². The van der Waals surface area contributed by atoms with E-state index in [1.807, 2.05) is 0 Å². The molecular weight excluding hydrogens is 490 g/mol. The average molecular weight is 499 g/mol. The van der Waals surface area contributed by atoms with Crippen molar-refractivity contribution in [2.75, 3.05) is 11.9 Å². The first-order valence-electron chi connectivity index (χ1n) is 3.97. The van der Waals surface area contributed by atoms with Gasteiger partial charge >= 0.3 is 114 Å². The maximum absolute atomic E-state index is 10.8. The van der Waals surface area contributed by atoms with Crippen molar-refractivity contribution < 1.29 is 27.3 Å². The van der Waals surface area contributed by atoms with E-state index in [-0.39, 0.29) is 36.0 Å². The molecule has 17 heavy (non-hydrogen) atoms. The average Bonchev–Trinajstić information content (AvgIpc) is 2.17. The molecular formula is C8H9AsBiNO6. The van der Waals surface area contributed by atoms with Crippen molar-refractivity contribution in [1.29, 1.82) is 0 Å². The van der Waals surface area contributed by atoms with Crippen molar-refractivity contribution in [3.63, 3.8) is 0 Å². The molecule has 0 fully saturated rings. The van der Waals surface area contributed by atoms with Crippen LogP contribution in [0.25, 0.3) is 0 Å². The van der Waals surface area contributed by atoms with Crippen LogP contribution in [-0.2, 0) is 14.0 Å². The Kier molecular flexibility index (Phi) is 8.97. The van der Waals surface area contributed by atoms with E-state index < -0.39 is 26.7 Å². The van der Waals surface area contributed by atoms with Crippen LogP contribution in [0.1, 0.15) is 0 Å². The van der Waals surface area contributed by atoms with Crippen LogP contribution < -0.4 is 14.8 Å². The smallest absolute Gasteiger partial charge is 2.00 e. The molecule has 9 heteroatoms. The third-order valence-electron chi connectivity index (χ3n) is 1.62. The Balaban J connectivity index is 0. The van der Waals surface area contributed by atoms with Crippen molar-refractivity contribution in [2.45, 2.75) is 0 Å². The van der Waals surface area contributed by atoms with Gasteiger partial charge in [-0.25, -0.2) is 0 Å². The number of carbonyl (C=O) groups excluding carboxylic acids is 1. The first-order valence-corrected chi connectivity index (χ1v) is 7.36. The zero-order valence-electron chi connectivity index (χ0n) is 8.44. The number of amides is 1. The van der Waals surface area contributed by atoms with Crippen LogP contribution in [0.5, 0.6) is 0 Å². The molecule has 0 saturated carbocycles. The van der Waals surface area contributed by atoms with Gasteiger partial charge in [0, 0.05) is 0 Å². The van der Waals surface area contributed by atoms with Crippen LogP contribution in [0, 0.1) is 0 Å².